The molecule has 98 valence electrons. The maximum absolute atomic E-state index is 13.5. The lowest BCUT2D eigenvalue weighted by molar-refractivity contribution is 0.102. The van der Waals surface area contributed by atoms with Crippen molar-refractivity contribution in [2.75, 3.05) is 11.1 Å². The summed E-state index contributed by atoms with van der Waals surface area (Å²) in [4.78, 5) is 15.7. The lowest BCUT2D eigenvalue weighted by Crippen LogP contribution is -2.14. The van der Waals surface area contributed by atoms with Crippen molar-refractivity contribution >= 4 is 17.3 Å². The lowest BCUT2D eigenvalue weighted by Gasteiger charge is -2.08. The van der Waals surface area contributed by atoms with Crippen molar-refractivity contribution in [1.82, 2.24) is 4.98 Å². The standard InChI is InChI=1S/C13H11F2N3O/c1-7-2-8(6-17-5-7)13(19)18-12-4-11(16)9(14)3-10(12)15/h2-6H,16H2,1H3,(H,18,19). The highest BCUT2D eigenvalue weighted by atomic mass is 19.1. The Morgan fingerprint density at radius 1 is 1.21 bits per heavy atom. The third-order valence-electron chi connectivity index (χ3n) is 2.47. The Bertz CT molecular complexity index is 644. The van der Waals surface area contributed by atoms with Gasteiger partial charge in [0.2, 0.25) is 0 Å². The fraction of sp³-hybridized carbons (Fsp3) is 0.0769. The van der Waals surface area contributed by atoms with Crippen LogP contribution in [-0.2, 0) is 0 Å². The van der Waals surface area contributed by atoms with Gasteiger partial charge in [0.15, 0.2) is 0 Å². The number of carbonyl (C=O) groups excluding carboxylic acids is 1. The molecule has 2 rings (SSSR count). The fourth-order valence-corrected chi connectivity index (χ4v) is 1.54. The van der Waals surface area contributed by atoms with Crippen LogP contribution in [-0.4, -0.2) is 10.9 Å². The first-order chi connectivity index (χ1) is 8.97. The Morgan fingerprint density at radius 2 is 1.95 bits per heavy atom. The van der Waals surface area contributed by atoms with E-state index in [4.69, 9.17) is 5.73 Å². The highest BCUT2D eigenvalue weighted by molar-refractivity contribution is 6.04. The molecule has 0 saturated heterocycles. The number of anilines is 2. The number of nitrogen functional groups attached to an aromatic ring is 1. The first kappa shape index (κ1) is 12.9. The normalized spacial score (nSPS) is 10.3. The van der Waals surface area contributed by atoms with E-state index < -0.39 is 17.5 Å². The van der Waals surface area contributed by atoms with Crippen molar-refractivity contribution in [2.45, 2.75) is 6.92 Å². The number of aromatic nitrogens is 1. The summed E-state index contributed by atoms with van der Waals surface area (Å²) in [5.74, 6) is -2.30. The first-order valence-electron chi connectivity index (χ1n) is 5.45. The van der Waals surface area contributed by atoms with Crippen molar-refractivity contribution in [3.05, 3.63) is 53.4 Å². The summed E-state index contributed by atoms with van der Waals surface area (Å²) < 4.78 is 26.4. The molecule has 1 heterocycles. The largest absolute Gasteiger partial charge is 0.396 e. The molecule has 19 heavy (non-hydrogen) atoms. The number of nitrogens with one attached hydrogen (secondary N) is 1. The third-order valence-corrected chi connectivity index (χ3v) is 2.47. The van der Waals surface area contributed by atoms with Crippen LogP contribution in [0.3, 0.4) is 0 Å². The van der Waals surface area contributed by atoms with Crippen LogP contribution in [0.4, 0.5) is 20.2 Å². The van der Waals surface area contributed by atoms with Crippen LogP contribution in [0.1, 0.15) is 15.9 Å². The molecule has 0 fully saturated rings. The van der Waals surface area contributed by atoms with Gasteiger partial charge < -0.3 is 11.1 Å². The number of pyridine rings is 1. The van der Waals surface area contributed by atoms with Gasteiger partial charge >= 0.3 is 0 Å². The molecule has 1 amide bonds. The summed E-state index contributed by atoms with van der Waals surface area (Å²) in [5.41, 5.74) is 5.99. The second-order valence-electron chi connectivity index (χ2n) is 4.06. The highest BCUT2D eigenvalue weighted by Crippen LogP contribution is 2.21. The number of hydrogen-bond donors (Lipinski definition) is 2. The highest BCUT2D eigenvalue weighted by Gasteiger charge is 2.12. The average Bonchev–Trinajstić information content (AvgIpc) is 2.36. The molecule has 4 nitrogen and oxygen atoms in total. The summed E-state index contributed by atoms with van der Waals surface area (Å²) in [7, 11) is 0. The fourth-order valence-electron chi connectivity index (χ4n) is 1.54. The van der Waals surface area contributed by atoms with Crippen molar-refractivity contribution < 1.29 is 13.6 Å². The molecule has 3 N–H and O–H groups in total. The molecule has 1 aromatic carbocycles. The van der Waals surface area contributed by atoms with Gasteiger partial charge in [-0.3, -0.25) is 9.78 Å². The number of carbonyl (C=O) groups is 1. The molecule has 6 heteroatoms. The minimum Gasteiger partial charge on any atom is -0.396 e. The Kier molecular flexibility index (Phi) is 3.41. The monoisotopic (exact) mass is 263 g/mol. The van der Waals surface area contributed by atoms with Gasteiger partial charge in [0.05, 0.1) is 16.9 Å². The van der Waals surface area contributed by atoms with E-state index >= 15 is 0 Å². The van der Waals surface area contributed by atoms with Gasteiger partial charge in [-0.2, -0.15) is 0 Å². The zero-order valence-corrected chi connectivity index (χ0v) is 10.1. The van der Waals surface area contributed by atoms with Gasteiger partial charge in [-0.15, -0.1) is 0 Å². The van der Waals surface area contributed by atoms with Crippen molar-refractivity contribution in [2.24, 2.45) is 0 Å². The van der Waals surface area contributed by atoms with Crippen LogP contribution >= 0.6 is 0 Å². The number of benzene rings is 1. The van der Waals surface area contributed by atoms with E-state index in [0.29, 0.717) is 6.07 Å². The van der Waals surface area contributed by atoms with Gasteiger partial charge in [0.25, 0.3) is 5.91 Å². The minimum absolute atomic E-state index is 0.176. The molecule has 0 spiro atoms. The summed E-state index contributed by atoms with van der Waals surface area (Å²) >= 11 is 0. The van der Waals surface area contributed by atoms with Crippen molar-refractivity contribution in [3.63, 3.8) is 0 Å². The molecule has 0 saturated carbocycles. The van der Waals surface area contributed by atoms with Gasteiger partial charge in [0, 0.05) is 18.5 Å². The quantitative estimate of drug-likeness (QED) is 0.818. The Balaban J connectivity index is 2.27. The zero-order valence-electron chi connectivity index (χ0n) is 10.1. The van der Waals surface area contributed by atoms with E-state index in [1.54, 1.807) is 19.2 Å². The van der Waals surface area contributed by atoms with Crippen LogP contribution in [0.5, 0.6) is 0 Å². The van der Waals surface area contributed by atoms with Crippen molar-refractivity contribution in [1.29, 1.82) is 0 Å². The molecule has 2 aromatic rings. The molecule has 0 aliphatic heterocycles. The SMILES string of the molecule is Cc1cncc(C(=O)Nc2cc(N)c(F)cc2F)c1. The predicted molar refractivity (Wildman–Crippen MR) is 67.7 cm³/mol. The summed E-state index contributed by atoms with van der Waals surface area (Å²) in [6, 6.07) is 3.26. The van der Waals surface area contributed by atoms with E-state index in [2.05, 4.69) is 10.3 Å². The smallest absolute Gasteiger partial charge is 0.257 e. The van der Waals surface area contributed by atoms with Gasteiger partial charge in [-0.05, 0) is 24.6 Å². The van der Waals surface area contributed by atoms with Gasteiger partial charge in [0.1, 0.15) is 11.6 Å². The van der Waals surface area contributed by atoms with Gasteiger partial charge in [-0.1, -0.05) is 0 Å². The third kappa shape index (κ3) is 2.85. The maximum Gasteiger partial charge on any atom is 0.257 e. The number of amides is 1. The Morgan fingerprint density at radius 3 is 2.63 bits per heavy atom. The number of nitrogens with two attached hydrogens (primary N) is 1. The topological polar surface area (TPSA) is 68.0 Å². The number of aryl methyl sites for hydroxylation is 1. The molecule has 0 unspecified atom stereocenters. The molecule has 0 bridgehead atoms. The average molecular weight is 263 g/mol. The summed E-state index contributed by atoms with van der Waals surface area (Å²) in [5, 5.41) is 2.32. The first-order valence-corrected chi connectivity index (χ1v) is 5.45. The molecule has 0 aliphatic carbocycles. The van der Waals surface area contributed by atoms with E-state index in [1.807, 2.05) is 0 Å². The van der Waals surface area contributed by atoms with Crippen LogP contribution in [0, 0.1) is 18.6 Å². The summed E-state index contributed by atoms with van der Waals surface area (Å²) in [6.45, 7) is 1.78. The minimum atomic E-state index is -0.888. The lowest BCUT2D eigenvalue weighted by atomic mass is 10.2. The number of nitrogens with zero attached hydrogens (tertiary/aromatic N) is 1. The van der Waals surface area contributed by atoms with E-state index in [9.17, 15) is 13.6 Å². The predicted octanol–water partition coefficient (Wildman–Crippen LogP) is 2.50. The molecule has 0 aliphatic rings. The maximum atomic E-state index is 13.5. The molecule has 0 atom stereocenters. The van der Waals surface area contributed by atoms with E-state index in [0.717, 1.165) is 11.6 Å². The van der Waals surface area contributed by atoms with Gasteiger partial charge in [-0.25, -0.2) is 8.78 Å². The van der Waals surface area contributed by atoms with Crippen LogP contribution in [0.2, 0.25) is 0 Å². The van der Waals surface area contributed by atoms with Crippen molar-refractivity contribution in [3.8, 4) is 0 Å². The Labute approximate surface area is 108 Å². The Hall–Kier alpha value is -2.50. The van der Waals surface area contributed by atoms with Crippen LogP contribution < -0.4 is 11.1 Å². The molecule has 0 radical (unpaired) electrons. The summed E-state index contributed by atoms with van der Waals surface area (Å²) in [6.07, 6.45) is 2.94. The molecular weight excluding hydrogens is 252 g/mol. The zero-order chi connectivity index (χ0) is 14.0. The number of hydrogen-bond acceptors (Lipinski definition) is 3. The number of rotatable bonds is 2. The van der Waals surface area contributed by atoms with Crippen LogP contribution in [0.15, 0.2) is 30.6 Å². The molecule has 1 aromatic heterocycles. The van der Waals surface area contributed by atoms with E-state index in [-0.39, 0.29) is 16.9 Å². The van der Waals surface area contributed by atoms with Crippen LogP contribution in [0.25, 0.3) is 0 Å². The second-order valence-corrected chi connectivity index (χ2v) is 4.06. The number of halogens is 2. The van der Waals surface area contributed by atoms with E-state index in [1.165, 1.54) is 6.20 Å². The second kappa shape index (κ2) is 5.01. The molecular formula is C13H11F2N3O.